The monoisotopic (exact) mass is 419 g/mol. The molecule has 0 fully saturated rings. The minimum atomic E-state index is -3.33. The van der Waals surface area contributed by atoms with E-state index in [1.165, 1.54) is 18.3 Å². The maximum atomic E-state index is 14.5. The van der Waals surface area contributed by atoms with Crippen molar-refractivity contribution < 1.29 is 18.3 Å². The van der Waals surface area contributed by atoms with E-state index in [-0.39, 0.29) is 12.2 Å². The van der Waals surface area contributed by atoms with E-state index in [4.69, 9.17) is 4.74 Å². The number of allylic oxidation sites excluding steroid dienone is 4. The lowest BCUT2D eigenvalue weighted by Gasteiger charge is -2.32. The van der Waals surface area contributed by atoms with Gasteiger partial charge in [0.15, 0.2) is 5.78 Å². The van der Waals surface area contributed by atoms with Crippen molar-refractivity contribution in [3.8, 4) is 6.07 Å². The fraction of sp³-hybridized carbons (Fsp3) is 0.208. The Morgan fingerprint density at radius 2 is 1.97 bits per heavy atom. The highest BCUT2D eigenvalue weighted by Crippen LogP contribution is 2.41. The Kier molecular flexibility index (Phi) is 5.49. The van der Waals surface area contributed by atoms with Crippen LogP contribution in [-0.4, -0.2) is 35.4 Å². The van der Waals surface area contributed by atoms with E-state index >= 15 is 0 Å². The number of alkyl halides is 2. The molecule has 4 rings (SSSR count). The van der Waals surface area contributed by atoms with Gasteiger partial charge in [0.1, 0.15) is 30.2 Å². The predicted molar refractivity (Wildman–Crippen MR) is 110 cm³/mol. The molecule has 0 amide bonds. The van der Waals surface area contributed by atoms with Gasteiger partial charge in [-0.05, 0) is 34.9 Å². The van der Waals surface area contributed by atoms with Crippen LogP contribution in [-0.2, 0) is 15.5 Å². The molecule has 1 aromatic heterocycles. The number of carbonyl (C=O) groups is 1. The van der Waals surface area contributed by atoms with Gasteiger partial charge in [0, 0.05) is 31.4 Å². The van der Waals surface area contributed by atoms with Crippen molar-refractivity contribution in [2.75, 3.05) is 13.7 Å². The highest BCUT2D eigenvalue weighted by molar-refractivity contribution is 5.98. The summed E-state index contributed by atoms with van der Waals surface area (Å²) < 4.78 is 34.4. The standard InChI is InChI=1S/C24H19F2N3O2/c1-29-14-17-11-20(30)21(31-15-24(25,26)22-9-5-6-10-28-22)12-18(17)23(19(29)13-27)16-7-3-2-4-8-16/h2-10,12,14,21H,11,15H2,1H3. The number of nitriles is 1. The molecule has 0 spiro atoms. The lowest BCUT2D eigenvalue weighted by molar-refractivity contribution is -0.137. The number of carbonyl (C=O) groups excluding carboxylic acids is 1. The number of ketones is 1. The summed E-state index contributed by atoms with van der Waals surface area (Å²) in [6.45, 7) is -0.974. The van der Waals surface area contributed by atoms with Crippen LogP contribution < -0.4 is 0 Å². The molecule has 1 aliphatic heterocycles. The van der Waals surface area contributed by atoms with Crippen molar-refractivity contribution in [1.82, 2.24) is 9.88 Å². The third-order valence-electron chi connectivity index (χ3n) is 5.21. The van der Waals surface area contributed by atoms with Gasteiger partial charge in [-0.3, -0.25) is 9.78 Å². The highest BCUT2D eigenvalue weighted by Gasteiger charge is 2.38. The summed E-state index contributed by atoms with van der Waals surface area (Å²) in [5.41, 5.74) is 2.83. The summed E-state index contributed by atoms with van der Waals surface area (Å²) in [4.78, 5) is 18.0. The topological polar surface area (TPSA) is 66.2 Å². The fourth-order valence-electron chi connectivity index (χ4n) is 3.72. The average Bonchev–Trinajstić information content (AvgIpc) is 2.78. The number of ether oxygens (including phenoxy) is 1. The van der Waals surface area contributed by atoms with Crippen molar-refractivity contribution in [2.45, 2.75) is 18.4 Å². The third kappa shape index (κ3) is 4.03. The molecule has 0 radical (unpaired) electrons. The molecule has 2 aliphatic rings. The molecule has 0 bridgehead atoms. The van der Waals surface area contributed by atoms with Crippen molar-refractivity contribution >= 4 is 11.4 Å². The number of rotatable bonds is 5. The van der Waals surface area contributed by atoms with E-state index in [1.54, 1.807) is 30.3 Å². The zero-order valence-electron chi connectivity index (χ0n) is 16.8. The Labute approximate surface area is 178 Å². The van der Waals surface area contributed by atoms with Gasteiger partial charge in [-0.1, -0.05) is 36.4 Å². The minimum absolute atomic E-state index is 0.0328. The largest absolute Gasteiger partial charge is 0.360 e. The first-order valence-electron chi connectivity index (χ1n) is 9.70. The molecule has 0 saturated heterocycles. The van der Waals surface area contributed by atoms with Gasteiger partial charge in [0.2, 0.25) is 0 Å². The molecule has 2 aromatic rings. The second-order valence-corrected chi connectivity index (χ2v) is 7.34. The highest BCUT2D eigenvalue weighted by atomic mass is 19.3. The summed E-state index contributed by atoms with van der Waals surface area (Å²) in [5, 5.41) is 9.73. The first-order valence-corrected chi connectivity index (χ1v) is 9.70. The second-order valence-electron chi connectivity index (χ2n) is 7.34. The van der Waals surface area contributed by atoms with E-state index < -0.39 is 24.3 Å². The number of Topliss-reactive ketones (excluding diaryl/α,β-unsaturated/α-hetero) is 1. The Morgan fingerprint density at radius 3 is 2.65 bits per heavy atom. The van der Waals surface area contributed by atoms with E-state index in [9.17, 15) is 18.8 Å². The van der Waals surface area contributed by atoms with Crippen molar-refractivity contribution in [2.24, 2.45) is 0 Å². The van der Waals surface area contributed by atoms with Gasteiger partial charge in [-0.25, -0.2) is 0 Å². The second kappa shape index (κ2) is 8.25. The molecule has 0 N–H and O–H groups in total. The Hall–Kier alpha value is -3.63. The van der Waals surface area contributed by atoms with Crippen LogP contribution in [0.5, 0.6) is 0 Å². The average molecular weight is 419 g/mol. The summed E-state index contributed by atoms with van der Waals surface area (Å²) in [6, 6.07) is 15.8. The summed E-state index contributed by atoms with van der Waals surface area (Å²) in [7, 11) is 1.74. The molecule has 31 heavy (non-hydrogen) atoms. The quantitative estimate of drug-likeness (QED) is 0.726. The van der Waals surface area contributed by atoms with Crippen LogP contribution in [0.15, 0.2) is 83.8 Å². The lowest BCUT2D eigenvalue weighted by Crippen LogP contribution is -2.34. The van der Waals surface area contributed by atoms with Crippen molar-refractivity contribution in [3.05, 3.63) is 95.1 Å². The molecular weight excluding hydrogens is 400 g/mol. The molecule has 1 unspecified atom stereocenters. The normalized spacial score (nSPS) is 18.8. The van der Waals surface area contributed by atoms with Crippen LogP contribution in [0.2, 0.25) is 0 Å². The van der Waals surface area contributed by atoms with E-state index in [1.807, 2.05) is 30.3 Å². The molecule has 156 valence electrons. The minimum Gasteiger partial charge on any atom is -0.360 e. The molecule has 1 aliphatic carbocycles. The number of nitrogens with zero attached hydrogens (tertiary/aromatic N) is 3. The number of fused-ring (bicyclic) bond motifs is 1. The third-order valence-corrected chi connectivity index (χ3v) is 5.21. The fourth-order valence-corrected chi connectivity index (χ4v) is 3.72. The zero-order chi connectivity index (χ0) is 22.0. The van der Waals surface area contributed by atoms with Gasteiger partial charge in [0.05, 0.1) is 0 Å². The van der Waals surface area contributed by atoms with Crippen LogP contribution >= 0.6 is 0 Å². The number of pyridine rings is 1. The van der Waals surface area contributed by atoms with Gasteiger partial charge in [0.25, 0.3) is 0 Å². The van der Waals surface area contributed by atoms with Crippen molar-refractivity contribution in [3.63, 3.8) is 0 Å². The predicted octanol–water partition coefficient (Wildman–Crippen LogP) is 4.22. The number of hydrogen-bond donors (Lipinski definition) is 0. The van der Waals surface area contributed by atoms with Gasteiger partial charge in [-0.15, -0.1) is 0 Å². The molecule has 1 aromatic carbocycles. The van der Waals surface area contributed by atoms with Crippen LogP contribution in [0.4, 0.5) is 8.78 Å². The maximum Gasteiger partial charge on any atom is 0.312 e. The van der Waals surface area contributed by atoms with E-state index in [0.29, 0.717) is 16.8 Å². The van der Waals surface area contributed by atoms with Crippen LogP contribution in [0.25, 0.3) is 5.57 Å². The molecule has 2 heterocycles. The summed E-state index contributed by atoms with van der Waals surface area (Å²) in [5.74, 6) is -3.65. The Morgan fingerprint density at radius 1 is 1.23 bits per heavy atom. The number of hydrogen-bond acceptors (Lipinski definition) is 5. The van der Waals surface area contributed by atoms with Gasteiger partial charge < -0.3 is 9.64 Å². The summed E-state index contributed by atoms with van der Waals surface area (Å²) >= 11 is 0. The first kappa shape index (κ1) is 20.6. The number of aromatic nitrogens is 1. The van der Waals surface area contributed by atoms with Crippen molar-refractivity contribution in [1.29, 1.82) is 5.26 Å². The molecule has 0 saturated carbocycles. The Bertz CT molecular complexity index is 1130. The number of halogens is 2. The van der Waals surface area contributed by atoms with Gasteiger partial charge >= 0.3 is 5.92 Å². The van der Waals surface area contributed by atoms with E-state index in [0.717, 1.165) is 11.1 Å². The molecule has 5 nitrogen and oxygen atoms in total. The van der Waals surface area contributed by atoms with Crippen LogP contribution in [0.1, 0.15) is 17.7 Å². The molecular formula is C24H19F2N3O2. The van der Waals surface area contributed by atoms with Gasteiger partial charge in [-0.2, -0.15) is 14.0 Å². The first-order chi connectivity index (χ1) is 14.9. The SMILES string of the molecule is CN1C=C2CC(=O)C(OCC(F)(F)c3ccccn3)C=C2C(c2ccccc2)=C1C#N. The number of benzene rings is 1. The molecule has 7 heteroatoms. The smallest absolute Gasteiger partial charge is 0.312 e. The lowest BCUT2D eigenvalue weighted by atomic mass is 9.81. The van der Waals surface area contributed by atoms with Crippen LogP contribution in [0, 0.1) is 11.3 Å². The zero-order valence-corrected chi connectivity index (χ0v) is 16.8. The van der Waals surface area contributed by atoms with E-state index in [2.05, 4.69) is 11.1 Å². The molecule has 1 atom stereocenters. The van der Waals surface area contributed by atoms with Crippen LogP contribution in [0.3, 0.4) is 0 Å². The maximum absolute atomic E-state index is 14.5. The summed E-state index contributed by atoms with van der Waals surface area (Å²) in [6.07, 6.45) is 3.45. The Balaban J connectivity index is 1.67.